The lowest BCUT2D eigenvalue weighted by Gasteiger charge is -2.27. The Morgan fingerprint density at radius 1 is 1.00 bits per heavy atom. The van der Waals surface area contributed by atoms with Crippen molar-refractivity contribution in [2.75, 3.05) is 16.8 Å². The van der Waals surface area contributed by atoms with E-state index in [-0.39, 0.29) is 23.2 Å². The molecule has 0 spiro atoms. The van der Waals surface area contributed by atoms with Gasteiger partial charge in [-0.15, -0.1) is 0 Å². The van der Waals surface area contributed by atoms with Gasteiger partial charge in [-0.3, -0.25) is 9.59 Å². The molecule has 3 rings (SSSR count). The van der Waals surface area contributed by atoms with Crippen molar-refractivity contribution in [3.05, 3.63) is 82.8 Å². The van der Waals surface area contributed by atoms with Crippen LogP contribution in [0.2, 0.25) is 0 Å². The number of aryl methyl sites for hydroxylation is 1. The number of hydrogen-bond donors (Lipinski definition) is 1. The van der Waals surface area contributed by atoms with Gasteiger partial charge in [-0.2, -0.15) is 5.10 Å². The van der Waals surface area contributed by atoms with Gasteiger partial charge in [0.25, 0.3) is 11.5 Å². The van der Waals surface area contributed by atoms with Crippen LogP contribution in [0.25, 0.3) is 0 Å². The molecule has 0 aliphatic carbocycles. The number of nitrogens with zero attached hydrogens (tertiary/aromatic N) is 3. The zero-order chi connectivity index (χ0) is 22.4. The second-order valence-corrected chi connectivity index (χ2v) is 7.15. The van der Waals surface area contributed by atoms with Crippen LogP contribution in [-0.4, -0.2) is 34.3 Å². The zero-order valence-corrected chi connectivity index (χ0v) is 17.6. The normalized spacial score (nSPS) is 10.6. The van der Waals surface area contributed by atoms with Crippen LogP contribution in [0, 0.1) is 0 Å². The fourth-order valence-electron chi connectivity index (χ4n) is 3.01. The molecular weight excluding hydrogens is 396 g/mol. The molecule has 0 unspecified atom stereocenters. The number of esters is 1. The molecule has 1 heterocycles. The Balaban J connectivity index is 1.66. The van der Waals surface area contributed by atoms with Crippen LogP contribution in [0.4, 0.5) is 17.1 Å². The van der Waals surface area contributed by atoms with E-state index >= 15 is 0 Å². The molecular formula is C23H24N4O4. The van der Waals surface area contributed by atoms with E-state index in [4.69, 9.17) is 4.74 Å². The number of benzene rings is 2. The fourth-order valence-corrected chi connectivity index (χ4v) is 3.01. The highest BCUT2D eigenvalue weighted by molar-refractivity contribution is 5.97. The van der Waals surface area contributed by atoms with Gasteiger partial charge in [0.15, 0.2) is 12.3 Å². The number of anilines is 3. The van der Waals surface area contributed by atoms with Crippen LogP contribution in [0.3, 0.4) is 0 Å². The number of hydrogen-bond acceptors (Lipinski definition) is 6. The van der Waals surface area contributed by atoms with Gasteiger partial charge in [-0.25, -0.2) is 9.48 Å². The third-order valence-electron chi connectivity index (χ3n) is 4.49. The molecule has 160 valence electrons. The number of carbonyl (C=O) groups excluding carboxylic acids is 2. The Bertz CT molecular complexity index is 1110. The van der Waals surface area contributed by atoms with E-state index < -0.39 is 12.6 Å². The minimum absolute atomic E-state index is 0.0395. The van der Waals surface area contributed by atoms with Crippen LogP contribution in [0.1, 0.15) is 24.3 Å². The maximum Gasteiger partial charge on any atom is 0.359 e. The number of amides is 1. The number of carbonyl (C=O) groups is 2. The maximum atomic E-state index is 12.8. The Morgan fingerprint density at radius 3 is 2.26 bits per heavy atom. The summed E-state index contributed by atoms with van der Waals surface area (Å²) in [6.45, 7) is 3.32. The molecule has 0 aliphatic heterocycles. The second-order valence-electron chi connectivity index (χ2n) is 7.15. The molecule has 0 fully saturated rings. The van der Waals surface area contributed by atoms with Gasteiger partial charge >= 0.3 is 5.97 Å². The third-order valence-corrected chi connectivity index (χ3v) is 4.49. The standard InChI is InChI=1S/C23H24N4O4/c1-16(2)27(19-11-9-18(10-12-19)24-17-7-5-4-6-8-17)22(29)15-31-23(30)20-13-14-21(28)26(3)25-20/h4-14,16,24H,15H2,1-3H3. The molecule has 31 heavy (non-hydrogen) atoms. The quantitative estimate of drug-likeness (QED) is 0.591. The fraction of sp³-hybridized carbons (Fsp3) is 0.217. The van der Waals surface area contributed by atoms with E-state index in [0.29, 0.717) is 5.69 Å². The Labute approximate surface area is 180 Å². The van der Waals surface area contributed by atoms with Gasteiger partial charge in [-0.05, 0) is 56.3 Å². The highest BCUT2D eigenvalue weighted by Crippen LogP contribution is 2.23. The molecule has 1 aromatic heterocycles. The molecule has 0 saturated carbocycles. The Morgan fingerprint density at radius 2 is 1.65 bits per heavy atom. The molecule has 0 aliphatic rings. The van der Waals surface area contributed by atoms with Gasteiger partial charge in [0, 0.05) is 36.2 Å². The first-order valence-electron chi connectivity index (χ1n) is 9.81. The van der Waals surface area contributed by atoms with Gasteiger partial charge in [0.05, 0.1) is 0 Å². The van der Waals surface area contributed by atoms with Crippen molar-refractivity contribution < 1.29 is 14.3 Å². The van der Waals surface area contributed by atoms with Gasteiger partial charge in [-0.1, -0.05) is 18.2 Å². The summed E-state index contributed by atoms with van der Waals surface area (Å²) in [5.74, 6) is -1.13. The monoisotopic (exact) mass is 420 g/mol. The highest BCUT2D eigenvalue weighted by Gasteiger charge is 2.21. The minimum atomic E-state index is -0.768. The first-order chi connectivity index (χ1) is 14.8. The van der Waals surface area contributed by atoms with Crippen molar-refractivity contribution in [2.45, 2.75) is 19.9 Å². The van der Waals surface area contributed by atoms with Gasteiger partial charge in [0.1, 0.15) is 0 Å². The van der Waals surface area contributed by atoms with E-state index in [2.05, 4.69) is 10.4 Å². The summed E-state index contributed by atoms with van der Waals surface area (Å²) < 4.78 is 6.15. The van der Waals surface area contributed by atoms with Crippen LogP contribution in [0.15, 0.2) is 71.5 Å². The molecule has 0 radical (unpaired) electrons. The van der Waals surface area contributed by atoms with Crippen molar-refractivity contribution in [3.8, 4) is 0 Å². The molecule has 2 aromatic carbocycles. The van der Waals surface area contributed by atoms with Crippen molar-refractivity contribution >= 4 is 28.9 Å². The maximum absolute atomic E-state index is 12.8. The predicted octanol–water partition coefficient (Wildman–Crippen LogP) is 3.12. The third kappa shape index (κ3) is 5.57. The van der Waals surface area contributed by atoms with E-state index in [0.717, 1.165) is 16.1 Å². The van der Waals surface area contributed by atoms with Crippen molar-refractivity contribution in [1.82, 2.24) is 9.78 Å². The SMILES string of the molecule is CC(C)N(C(=O)COC(=O)c1ccc(=O)n(C)n1)c1ccc(Nc2ccccc2)cc1. The average Bonchev–Trinajstić information content (AvgIpc) is 2.76. The second kappa shape index (κ2) is 9.71. The summed E-state index contributed by atoms with van der Waals surface area (Å²) in [5.41, 5.74) is 2.16. The number of ether oxygens (including phenoxy) is 1. The minimum Gasteiger partial charge on any atom is -0.451 e. The first kappa shape index (κ1) is 21.8. The van der Waals surface area contributed by atoms with E-state index in [1.165, 1.54) is 19.2 Å². The predicted molar refractivity (Wildman–Crippen MR) is 119 cm³/mol. The topological polar surface area (TPSA) is 93.5 Å². The molecule has 8 heteroatoms. The lowest BCUT2D eigenvalue weighted by Crippen LogP contribution is -2.40. The smallest absolute Gasteiger partial charge is 0.359 e. The molecule has 0 bridgehead atoms. The van der Waals surface area contributed by atoms with Crippen LogP contribution < -0.4 is 15.8 Å². The summed E-state index contributed by atoms with van der Waals surface area (Å²) in [6, 6.07) is 19.5. The van der Waals surface area contributed by atoms with Crippen molar-refractivity contribution in [2.24, 2.45) is 7.05 Å². The van der Waals surface area contributed by atoms with Crippen LogP contribution >= 0.6 is 0 Å². The number of nitrogens with one attached hydrogen (secondary N) is 1. The average molecular weight is 420 g/mol. The lowest BCUT2D eigenvalue weighted by molar-refractivity contribution is -0.122. The van der Waals surface area contributed by atoms with E-state index in [1.54, 1.807) is 4.90 Å². The summed E-state index contributed by atoms with van der Waals surface area (Å²) in [6.07, 6.45) is 0. The molecule has 1 amide bonds. The summed E-state index contributed by atoms with van der Waals surface area (Å²) in [4.78, 5) is 37.9. The number of para-hydroxylation sites is 1. The molecule has 0 saturated heterocycles. The Kier molecular flexibility index (Phi) is 6.81. The summed E-state index contributed by atoms with van der Waals surface area (Å²) >= 11 is 0. The van der Waals surface area contributed by atoms with Crippen LogP contribution in [-0.2, 0) is 16.6 Å². The zero-order valence-electron chi connectivity index (χ0n) is 17.6. The lowest BCUT2D eigenvalue weighted by atomic mass is 10.2. The molecule has 8 nitrogen and oxygen atoms in total. The summed E-state index contributed by atoms with van der Waals surface area (Å²) in [7, 11) is 1.43. The molecule has 1 N–H and O–H groups in total. The van der Waals surface area contributed by atoms with Gasteiger partial charge in [0.2, 0.25) is 0 Å². The van der Waals surface area contributed by atoms with Crippen molar-refractivity contribution in [3.63, 3.8) is 0 Å². The largest absolute Gasteiger partial charge is 0.451 e. The van der Waals surface area contributed by atoms with Crippen LogP contribution in [0.5, 0.6) is 0 Å². The highest BCUT2D eigenvalue weighted by atomic mass is 16.5. The van der Waals surface area contributed by atoms with Crippen molar-refractivity contribution in [1.29, 1.82) is 0 Å². The van der Waals surface area contributed by atoms with E-state index in [9.17, 15) is 14.4 Å². The van der Waals surface area contributed by atoms with E-state index in [1.807, 2.05) is 68.4 Å². The Hall–Kier alpha value is -3.94. The molecule has 0 atom stereocenters. The number of aromatic nitrogens is 2. The first-order valence-corrected chi connectivity index (χ1v) is 9.81. The summed E-state index contributed by atoms with van der Waals surface area (Å²) in [5, 5.41) is 7.12. The van der Waals surface area contributed by atoms with Gasteiger partial charge < -0.3 is 15.0 Å². The molecule has 3 aromatic rings. The number of rotatable bonds is 7.